The molecule has 10 aromatic rings. The van der Waals surface area contributed by atoms with Crippen LogP contribution < -0.4 is 0 Å². The number of hydrogen-bond acceptors (Lipinski definition) is 2. The third-order valence-electron chi connectivity index (χ3n) is 10.9. The molecule has 0 saturated heterocycles. The number of rotatable bonds is 8. The predicted octanol–water partition coefficient (Wildman–Crippen LogP) is 15.0. The quantitative estimate of drug-likeness (QED) is 0.155. The molecule has 10 rings (SSSR count). The van der Waals surface area contributed by atoms with Crippen LogP contribution in [0.25, 0.3) is 100 Å². The normalized spacial score (nSPS) is 11.1. The maximum atomic E-state index is 5.22. The summed E-state index contributed by atoms with van der Waals surface area (Å²) in [5.74, 6) is 0.689. The third-order valence-corrected chi connectivity index (χ3v) is 10.9. The van der Waals surface area contributed by atoms with E-state index >= 15 is 0 Å². The number of aromatic nitrogens is 2. The summed E-state index contributed by atoms with van der Waals surface area (Å²) in [6, 6.07) is 81.9. The summed E-state index contributed by atoms with van der Waals surface area (Å²) in [6.07, 6.45) is 0. The van der Waals surface area contributed by atoms with Crippen molar-refractivity contribution in [2.45, 2.75) is 0 Å². The van der Waals surface area contributed by atoms with Crippen molar-refractivity contribution in [2.24, 2.45) is 0 Å². The van der Waals surface area contributed by atoms with Gasteiger partial charge in [0, 0.05) is 16.7 Å². The van der Waals surface area contributed by atoms with Gasteiger partial charge in [0.25, 0.3) is 0 Å². The van der Waals surface area contributed by atoms with Gasteiger partial charge in [-0.1, -0.05) is 212 Å². The first-order valence-corrected chi connectivity index (χ1v) is 19.7. The van der Waals surface area contributed by atoms with Gasteiger partial charge >= 0.3 is 0 Å². The van der Waals surface area contributed by atoms with Crippen molar-refractivity contribution >= 4 is 10.8 Å². The van der Waals surface area contributed by atoms with E-state index in [1.807, 2.05) is 6.07 Å². The SMILES string of the molecule is c1ccc(-c2cc(-c3ccc4ccccc4c3)nc(-c3ccc(-c4cc(-c5ccccc5)c(-c5ccccc5)c(-c5ccccc5)c4-c4ccccc4)cc3)n2)cc1. The molecule has 272 valence electrons. The second-order valence-corrected chi connectivity index (χ2v) is 14.5. The van der Waals surface area contributed by atoms with Crippen molar-refractivity contribution in [1.82, 2.24) is 9.97 Å². The van der Waals surface area contributed by atoms with Crippen LogP contribution in [0.3, 0.4) is 0 Å². The summed E-state index contributed by atoms with van der Waals surface area (Å²) in [5.41, 5.74) is 16.6. The molecule has 0 saturated carbocycles. The van der Waals surface area contributed by atoms with Crippen molar-refractivity contribution in [3.05, 3.63) is 231 Å². The van der Waals surface area contributed by atoms with Gasteiger partial charge in [-0.05, 0) is 84.6 Å². The predicted molar refractivity (Wildman–Crippen MR) is 243 cm³/mol. The molecule has 0 atom stereocenters. The summed E-state index contributed by atoms with van der Waals surface area (Å²) >= 11 is 0. The minimum Gasteiger partial charge on any atom is -0.228 e. The second kappa shape index (κ2) is 15.5. The van der Waals surface area contributed by atoms with Gasteiger partial charge in [0.15, 0.2) is 5.82 Å². The van der Waals surface area contributed by atoms with E-state index in [0.29, 0.717) is 5.82 Å². The maximum absolute atomic E-state index is 5.22. The fourth-order valence-electron chi connectivity index (χ4n) is 8.09. The molecule has 0 aliphatic carbocycles. The Balaban J connectivity index is 1.19. The Morgan fingerprint density at radius 3 is 1.14 bits per heavy atom. The van der Waals surface area contributed by atoms with E-state index in [1.54, 1.807) is 0 Å². The number of benzene rings is 9. The van der Waals surface area contributed by atoms with Gasteiger partial charge < -0.3 is 0 Å². The van der Waals surface area contributed by atoms with Crippen LogP contribution in [0.1, 0.15) is 0 Å². The van der Waals surface area contributed by atoms with E-state index in [4.69, 9.17) is 9.97 Å². The zero-order chi connectivity index (χ0) is 38.7. The number of hydrogen-bond donors (Lipinski definition) is 0. The first-order chi connectivity index (χ1) is 28.8. The molecule has 1 heterocycles. The molecular weight excluding hydrogens is 701 g/mol. The molecule has 0 unspecified atom stereocenters. The Morgan fingerprint density at radius 2 is 0.603 bits per heavy atom. The highest BCUT2D eigenvalue weighted by atomic mass is 14.9. The summed E-state index contributed by atoms with van der Waals surface area (Å²) in [4.78, 5) is 10.4. The zero-order valence-electron chi connectivity index (χ0n) is 31.8. The van der Waals surface area contributed by atoms with E-state index in [-0.39, 0.29) is 0 Å². The fourth-order valence-corrected chi connectivity index (χ4v) is 8.09. The first-order valence-electron chi connectivity index (χ1n) is 19.7. The lowest BCUT2D eigenvalue weighted by molar-refractivity contribution is 1.18. The molecule has 0 N–H and O–H groups in total. The van der Waals surface area contributed by atoms with Crippen LogP contribution in [-0.2, 0) is 0 Å². The van der Waals surface area contributed by atoms with Crippen LogP contribution in [0.15, 0.2) is 231 Å². The van der Waals surface area contributed by atoms with Crippen molar-refractivity contribution < 1.29 is 0 Å². The maximum Gasteiger partial charge on any atom is 0.160 e. The Morgan fingerprint density at radius 1 is 0.224 bits per heavy atom. The Hall–Kier alpha value is -7.68. The van der Waals surface area contributed by atoms with Crippen molar-refractivity contribution in [1.29, 1.82) is 0 Å². The highest BCUT2D eigenvalue weighted by Crippen LogP contribution is 2.50. The smallest absolute Gasteiger partial charge is 0.160 e. The topological polar surface area (TPSA) is 25.8 Å². The van der Waals surface area contributed by atoms with Gasteiger partial charge in [-0.15, -0.1) is 0 Å². The molecule has 0 spiro atoms. The van der Waals surface area contributed by atoms with E-state index in [1.165, 1.54) is 49.7 Å². The van der Waals surface area contributed by atoms with Gasteiger partial charge in [0.1, 0.15) is 0 Å². The van der Waals surface area contributed by atoms with Crippen molar-refractivity contribution in [3.8, 4) is 89.5 Å². The van der Waals surface area contributed by atoms with Gasteiger partial charge in [0.2, 0.25) is 0 Å². The lowest BCUT2D eigenvalue weighted by Gasteiger charge is -2.24. The second-order valence-electron chi connectivity index (χ2n) is 14.5. The Labute approximate surface area is 339 Å². The highest BCUT2D eigenvalue weighted by molar-refractivity contribution is 6.07. The van der Waals surface area contributed by atoms with Gasteiger partial charge in [-0.25, -0.2) is 9.97 Å². The van der Waals surface area contributed by atoms with Crippen LogP contribution in [0.2, 0.25) is 0 Å². The number of nitrogens with zero attached hydrogens (tertiary/aromatic N) is 2. The Bertz CT molecular complexity index is 3000. The lowest BCUT2D eigenvalue weighted by Crippen LogP contribution is -1.98. The van der Waals surface area contributed by atoms with Crippen LogP contribution >= 0.6 is 0 Å². The third kappa shape index (κ3) is 6.78. The van der Waals surface area contributed by atoms with E-state index < -0.39 is 0 Å². The summed E-state index contributed by atoms with van der Waals surface area (Å²) < 4.78 is 0. The summed E-state index contributed by atoms with van der Waals surface area (Å²) in [5, 5.41) is 2.39. The van der Waals surface area contributed by atoms with Crippen LogP contribution in [0, 0.1) is 0 Å². The molecule has 0 bridgehead atoms. The van der Waals surface area contributed by atoms with Crippen LogP contribution in [0.4, 0.5) is 0 Å². The van der Waals surface area contributed by atoms with Crippen LogP contribution in [-0.4, -0.2) is 9.97 Å². The molecule has 2 nitrogen and oxygen atoms in total. The zero-order valence-corrected chi connectivity index (χ0v) is 31.8. The molecule has 9 aromatic carbocycles. The molecule has 0 amide bonds. The molecule has 2 heteroatoms. The van der Waals surface area contributed by atoms with E-state index in [2.05, 4.69) is 224 Å². The summed E-state index contributed by atoms with van der Waals surface area (Å²) in [6.45, 7) is 0. The molecule has 0 aliphatic heterocycles. The molecule has 58 heavy (non-hydrogen) atoms. The molecule has 1 aromatic heterocycles. The average Bonchev–Trinajstić information content (AvgIpc) is 3.32. The number of fused-ring (bicyclic) bond motifs is 1. The van der Waals surface area contributed by atoms with E-state index in [0.717, 1.165) is 44.8 Å². The molecule has 0 aliphatic rings. The van der Waals surface area contributed by atoms with E-state index in [9.17, 15) is 0 Å². The molecule has 0 fully saturated rings. The van der Waals surface area contributed by atoms with Crippen molar-refractivity contribution in [3.63, 3.8) is 0 Å². The largest absolute Gasteiger partial charge is 0.228 e. The minimum atomic E-state index is 0.689. The van der Waals surface area contributed by atoms with Gasteiger partial charge in [-0.3, -0.25) is 0 Å². The minimum absolute atomic E-state index is 0.689. The Kier molecular flexibility index (Phi) is 9.27. The standard InChI is InChI=1S/C56H38N2/c1-6-19-40(20-7-1)49-37-50(54(44-25-12-4-13-26-44)55(45-27-14-5-15-28-45)53(49)43-23-10-3-11-24-43)41-31-33-46(34-32-41)56-57-51(42-21-8-2-9-22-42)38-52(58-56)48-35-30-39-18-16-17-29-47(39)36-48/h1-38H. The lowest BCUT2D eigenvalue weighted by atomic mass is 9.79. The molecular formula is C56H38N2. The monoisotopic (exact) mass is 738 g/mol. The summed E-state index contributed by atoms with van der Waals surface area (Å²) in [7, 11) is 0. The molecule has 0 radical (unpaired) electrons. The average molecular weight is 739 g/mol. The van der Waals surface area contributed by atoms with Crippen LogP contribution in [0.5, 0.6) is 0 Å². The first kappa shape index (κ1) is 34.8. The highest BCUT2D eigenvalue weighted by Gasteiger charge is 2.24. The van der Waals surface area contributed by atoms with Gasteiger partial charge in [0.05, 0.1) is 11.4 Å². The van der Waals surface area contributed by atoms with Crippen molar-refractivity contribution in [2.75, 3.05) is 0 Å². The fraction of sp³-hybridized carbons (Fsp3) is 0. The van der Waals surface area contributed by atoms with Gasteiger partial charge in [-0.2, -0.15) is 0 Å².